The van der Waals surface area contributed by atoms with Crippen molar-refractivity contribution in [2.24, 2.45) is 0 Å². The summed E-state index contributed by atoms with van der Waals surface area (Å²) in [7, 11) is 0. The van der Waals surface area contributed by atoms with Crippen LogP contribution >= 0.6 is 0 Å². The Balaban J connectivity index is 1.72. The number of aryl methyl sites for hydroxylation is 2. The van der Waals surface area contributed by atoms with Crippen molar-refractivity contribution in [3.8, 4) is 5.75 Å². The zero-order chi connectivity index (χ0) is 19.4. The van der Waals surface area contributed by atoms with Crippen LogP contribution in [0, 0.1) is 13.8 Å². The minimum atomic E-state index is -0.336. The van der Waals surface area contributed by atoms with E-state index in [4.69, 9.17) is 9.26 Å². The maximum Gasteiger partial charge on any atom is 0.274 e. The minimum absolute atomic E-state index is 0.0915. The van der Waals surface area contributed by atoms with Gasteiger partial charge < -0.3 is 19.9 Å². The van der Waals surface area contributed by atoms with E-state index < -0.39 is 0 Å². The summed E-state index contributed by atoms with van der Waals surface area (Å²) in [6.45, 7) is 7.42. The summed E-state index contributed by atoms with van der Waals surface area (Å²) in [6, 6.07) is 10.5. The molecule has 2 heterocycles. The van der Waals surface area contributed by atoms with Crippen LogP contribution in [0.15, 0.2) is 40.9 Å². The lowest BCUT2D eigenvalue weighted by atomic mass is 10.2. The number of nitrogens with one attached hydrogen (secondary N) is 2. The van der Waals surface area contributed by atoms with Gasteiger partial charge in [0.25, 0.3) is 5.91 Å². The van der Waals surface area contributed by atoms with Gasteiger partial charge in [0.1, 0.15) is 28.8 Å². The quantitative estimate of drug-likeness (QED) is 0.682. The van der Waals surface area contributed by atoms with E-state index >= 15 is 0 Å². The SMILES string of the molecule is Cc1nc(Nc2cc(C)on2)cc(C(=O)Nc2ccc(OC(C)C)cc2)n1. The number of hydrogen-bond acceptors (Lipinski definition) is 7. The summed E-state index contributed by atoms with van der Waals surface area (Å²) in [4.78, 5) is 21.0. The molecule has 2 N–H and O–H groups in total. The number of hydrogen-bond donors (Lipinski definition) is 2. The van der Waals surface area contributed by atoms with Crippen molar-refractivity contribution in [3.05, 3.63) is 53.7 Å². The Hall–Kier alpha value is -3.42. The number of carbonyl (C=O) groups excluding carboxylic acids is 1. The number of rotatable bonds is 6. The Morgan fingerprint density at radius 3 is 2.44 bits per heavy atom. The molecule has 0 aliphatic rings. The van der Waals surface area contributed by atoms with Crippen LogP contribution in [0.25, 0.3) is 0 Å². The topological polar surface area (TPSA) is 102 Å². The lowest BCUT2D eigenvalue weighted by Crippen LogP contribution is -2.15. The largest absolute Gasteiger partial charge is 0.491 e. The van der Waals surface area contributed by atoms with E-state index in [0.29, 0.717) is 28.9 Å². The monoisotopic (exact) mass is 367 g/mol. The molecule has 0 radical (unpaired) electrons. The van der Waals surface area contributed by atoms with Crippen molar-refractivity contribution in [1.82, 2.24) is 15.1 Å². The highest BCUT2D eigenvalue weighted by Crippen LogP contribution is 2.19. The summed E-state index contributed by atoms with van der Waals surface area (Å²) < 4.78 is 10.6. The fourth-order valence-corrected chi connectivity index (χ4v) is 2.39. The summed E-state index contributed by atoms with van der Waals surface area (Å²) >= 11 is 0. The molecule has 0 spiro atoms. The van der Waals surface area contributed by atoms with Crippen LogP contribution in [-0.4, -0.2) is 27.1 Å². The Morgan fingerprint density at radius 2 is 1.81 bits per heavy atom. The van der Waals surface area contributed by atoms with E-state index in [-0.39, 0.29) is 17.7 Å². The van der Waals surface area contributed by atoms with Crippen molar-refractivity contribution >= 4 is 23.2 Å². The highest BCUT2D eigenvalue weighted by molar-refractivity contribution is 6.03. The predicted octanol–water partition coefficient (Wildman–Crippen LogP) is 3.86. The van der Waals surface area contributed by atoms with Crippen LogP contribution in [0.2, 0.25) is 0 Å². The lowest BCUT2D eigenvalue weighted by Gasteiger charge is -2.11. The number of carbonyl (C=O) groups is 1. The minimum Gasteiger partial charge on any atom is -0.491 e. The maximum atomic E-state index is 12.5. The van der Waals surface area contributed by atoms with Gasteiger partial charge in [0.05, 0.1) is 6.10 Å². The summed E-state index contributed by atoms with van der Waals surface area (Å²) in [5.41, 5.74) is 0.890. The molecule has 3 rings (SSSR count). The fourth-order valence-electron chi connectivity index (χ4n) is 2.39. The average Bonchev–Trinajstić information content (AvgIpc) is 3.00. The molecule has 0 saturated heterocycles. The molecule has 8 nitrogen and oxygen atoms in total. The second-order valence-electron chi connectivity index (χ2n) is 6.28. The smallest absolute Gasteiger partial charge is 0.274 e. The third kappa shape index (κ3) is 5.04. The van der Waals surface area contributed by atoms with Gasteiger partial charge in [-0.2, -0.15) is 0 Å². The molecule has 0 saturated carbocycles. The zero-order valence-corrected chi connectivity index (χ0v) is 15.6. The third-order valence-corrected chi connectivity index (χ3v) is 3.44. The van der Waals surface area contributed by atoms with Gasteiger partial charge in [-0.3, -0.25) is 4.79 Å². The molecule has 140 valence electrons. The van der Waals surface area contributed by atoms with Crippen LogP contribution in [0.5, 0.6) is 5.75 Å². The second kappa shape index (κ2) is 7.86. The summed E-state index contributed by atoms with van der Waals surface area (Å²) in [5, 5.41) is 9.66. The fraction of sp³-hybridized carbons (Fsp3) is 0.263. The first-order chi connectivity index (χ1) is 12.9. The molecule has 3 aromatic rings. The van der Waals surface area contributed by atoms with Crippen LogP contribution in [0.3, 0.4) is 0 Å². The number of nitrogens with zero attached hydrogens (tertiary/aromatic N) is 3. The maximum absolute atomic E-state index is 12.5. The summed E-state index contributed by atoms with van der Waals surface area (Å²) in [5.74, 6) is 2.52. The molecule has 0 unspecified atom stereocenters. The molecule has 0 atom stereocenters. The van der Waals surface area contributed by atoms with Gasteiger partial charge >= 0.3 is 0 Å². The first-order valence-electron chi connectivity index (χ1n) is 8.53. The van der Waals surface area contributed by atoms with Crippen LogP contribution in [0.4, 0.5) is 17.3 Å². The van der Waals surface area contributed by atoms with E-state index in [9.17, 15) is 4.79 Å². The van der Waals surface area contributed by atoms with Crippen LogP contribution in [0.1, 0.15) is 35.9 Å². The zero-order valence-electron chi connectivity index (χ0n) is 15.6. The molecule has 27 heavy (non-hydrogen) atoms. The average molecular weight is 367 g/mol. The Bertz CT molecular complexity index is 935. The van der Waals surface area contributed by atoms with Gasteiger partial charge in [-0.1, -0.05) is 5.16 Å². The van der Waals surface area contributed by atoms with E-state index in [2.05, 4.69) is 25.8 Å². The molecule has 8 heteroatoms. The van der Waals surface area contributed by atoms with Gasteiger partial charge in [0, 0.05) is 17.8 Å². The van der Waals surface area contributed by atoms with E-state index in [1.54, 1.807) is 50.2 Å². The number of anilines is 3. The van der Waals surface area contributed by atoms with Crippen molar-refractivity contribution < 1.29 is 14.1 Å². The Morgan fingerprint density at radius 1 is 1.07 bits per heavy atom. The van der Waals surface area contributed by atoms with Gasteiger partial charge in [0.15, 0.2) is 5.82 Å². The third-order valence-electron chi connectivity index (χ3n) is 3.44. The Kier molecular flexibility index (Phi) is 5.35. The van der Waals surface area contributed by atoms with E-state index in [0.717, 1.165) is 5.75 Å². The first-order valence-corrected chi connectivity index (χ1v) is 8.53. The van der Waals surface area contributed by atoms with Crippen molar-refractivity contribution in [1.29, 1.82) is 0 Å². The van der Waals surface area contributed by atoms with Crippen LogP contribution < -0.4 is 15.4 Å². The highest BCUT2D eigenvalue weighted by atomic mass is 16.5. The molecule has 0 bridgehead atoms. The van der Waals surface area contributed by atoms with Crippen LogP contribution in [-0.2, 0) is 0 Å². The molecular formula is C19H21N5O3. The standard InChI is InChI=1S/C19H21N5O3/c1-11(2)26-15-7-5-14(6-8-15)22-19(25)16-10-17(21-13(4)20-16)23-18-9-12(3)27-24-18/h5-11H,1-4H3,(H,22,25)(H,20,21,23,24). The molecule has 2 aromatic heterocycles. The van der Waals surface area contributed by atoms with Gasteiger partial charge in [0.2, 0.25) is 0 Å². The van der Waals surface area contributed by atoms with Gasteiger partial charge in [-0.25, -0.2) is 9.97 Å². The molecule has 0 fully saturated rings. The molecule has 0 aliphatic heterocycles. The number of amides is 1. The molecule has 0 aliphatic carbocycles. The van der Waals surface area contributed by atoms with E-state index in [1.807, 2.05) is 13.8 Å². The molecular weight excluding hydrogens is 346 g/mol. The van der Waals surface area contributed by atoms with Crippen molar-refractivity contribution in [2.75, 3.05) is 10.6 Å². The first kappa shape index (κ1) is 18.4. The van der Waals surface area contributed by atoms with Crippen molar-refractivity contribution in [2.45, 2.75) is 33.8 Å². The van der Waals surface area contributed by atoms with Gasteiger partial charge in [-0.05, 0) is 52.0 Å². The predicted molar refractivity (Wildman–Crippen MR) is 101 cm³/mol. The summed E-state index contributed by atoms with van der Waals surface area (Å²) in [6.07, 6.45) is 0.0915. The number of aromatic nitrogens is 3. The molecule has 1 aromatic carbocycles. The number of benzene rings is 1. The van der Waals surface area contributed by atoms with E-state index in [1.165, 1.54) is 0 Å². The highest BCUT2D eigenvalue weighted by Gasteiger charge is 2.12. The Labute approximate surface area is 157 Å². The molecule has 1 amide bonds. The second-order valence-corrected chi connectivity index (χ2v) is 6.28. The normalized spacial score (nSPS) is 10.7. The lowest BCUT2D eigenvalue weighted by molar-refractivity contribution is 0.102. The van der Waals surface area contributed by atoms with Crippen molar-refractivity contribution in [3.63, 3.8) is 0 Å². The van der Waals surface area contributed by atoms with Gasteiger partial charge in [-0.15, -0.1) is 0 Å². The number of ether oxygens (including phenoxy) is 1.